The van der Waals surface area contributed by atoms with Gasteiger partial charge in [0.15, 0.2) is 0 Å². The van der Waals surface area contributed by atoms with Gasteiger partial charge in [0.1, 0.15) is 12.3 Å². The van der Waals surface area contributed by atoms with Crippen molar-refractivity contribution in [2.45, 2.75) is 18.4 Å². The number of ether oxygens (including phenoxy) is 2. The highest BCUT2D eigenvalue weighted by Gasteiger charge is 2.16. The fourth-order valence-electron chi connectivity index (χ4n) is 2.50. The number of sulfonamides is 1. The molecule has 1 heterocycles. The molecule has 3 rings (SSSR count). The molecule has 0 bridgehead atoms. The van der Waals surface area contributed by atoms with E-state index in [2.05, 4.69) is 4.40 Å². The lowest BCUT2D eigenvalue weighted by molar-refractivity contribution is -0.141. The first kappa shape index (κ1) is 19.1. The molecule has 0 fully saturated rings. The molecular formula is C18H18N2O5S2. The number of hydrogen-bond acceptors (Lipinski definition) is 6. The summed E-state index contributed by atoms with van der Waals surface area (Å²) in [5.41, 5.74) is 1.75. The van der Waals surface area contributed by atoms with Crippen LogP contribution in [0.5, 0.6) is 5.75 Å². The van der Waals surface area contributed by atoms with E-state index in [0.717, 1.165) is 15.8 Å². The Balaban J connectivity index is 2.18. The maximum absolute atomic E-state index is 12.7. The molecule has 0 saturated heterocycles. The third kappa shape index (κ3) is 4.04. The minimum absolute atomic E-state index is 0.0431. The average molecular weight is 406 g/mol. The van der Waals surface area contributed by atoms with Crippen LogP contribution in [0.25, 0.3) is 10.2 Å². The van der Waals surface area contributed by atoms with Crippen molar-refractivity contribution in [1.82, 2.24) is 4.57 Å². The zero-order chi connectivity index (χ0) is 19.6. The molecular weight excluding hydrogens is 388 g/mol. The van der Waals surface area contributed by atoms with Crippen molar-refractivity contribution in [3.8, 4) is 5.75 Å². The van der Waals surface area contributed by atoms with E-state index in [1.165, 1.54) is 37.7 Å². The Morgan fingerprint density at radius 2 is 1.85 bits per heavy atom. The van der Waals surface area contributed by atoms with E-state index in [1.807, 2.05) is 25.1 Å². The monoisotopic (exact) mass is 406 g/mol. The van der Waals surface area contributed by atoms with Crippen molar-refractivity contribution in [2.75, 3.05) is 14.2 Å². The van der Waals surface area contributed by atoms with Crippen LogP contribution in [-0.2, 0) is 26.1 Å². The van der Waals surface area contributed by atoms with Crippen molar-refractivity contribution in [3.63, 3.8) is 0 Å². The Kier molecular flexibility index (Phi) is 5.33. The van der Waals surface area contributed by atoms with Gasteiger partial charge < -0.3 is 14.0 Å². The van der Waals surface area contributed by atoms with E-state index in [-0.39, 0.29) is 16.2 Å². The Morgan fingerprint density at radius 1 is 1.15 bits per heavy atom. The first-order chi connectivity index (χ1) is 12.8. The van der Waals surface area contributed by atoms with Crippen molar-refractivity contribution >= 4 is 37.5 Å². The van der Waals surface area contributed by atoms with Gasteiger partial charge in [0.05, 0.1) is 29.3 Å². The molecule has 142 valence electrons. The molecule has 3 aromatic rings. The number of thiazole rings is 1. The second-order valence-corrected chi connectivity index (χ2v) is 8.37. The largest absolute Gasteiger partial charge is 0.497 e. The van der Waals surface area contributed by atoms with E-state index in [1.54, 1.807) is 16.7 Å². The number of carbonyl (C=O) groups is 1. The fraction of sp³-hybridized carbons (Fsp3) is 0.222. The van der Waals surface area contributed by atoms with Gasteiger partial charge in [-0.25, -0.2) is 0 Å². The normalized spacial score (nSPS) is 12.3. The summed E-state index contributed by atoms with van der Waals surface area (Å²) in [5, 5.41) is 0. The van der Waals surface area contributed by atoms with Crippen molar-refractivity contribution in [2.24, 2.45) is 4.40 Å². The number of esters is 1. The molecule has 0 N–H and O–H groups in total. The number of aromatic nitrogens is 1. The van der Waals surface area contributed by atoms with E-state index in [4.69, 9.17) is 9.47 Å². The molecule has 0 amide bonds. The lowest BCUT2D eigenvalue weighted by atomic mass is 10.2. The van der Waals surface area contributed by atoms with E-state index in [9.17, 15) is 13.2 Å². The van der Waals surface area contributed by atoms with Crippen molar-refractivity contribution in [1.29, 1.82) is 0 Å². The zero-order valence-electron chi connectivity index (χ0n) is 15.0. The van der Waals surface area contributed by atoms with Gasteiger partial charge in [0, 0.05) is 0 Å². The van der Waals surface area contributed by atoms with Crippen LogP contribution in [-0.4, -0.2) is 33.2 Å². The molecule has 0 aliphatic rings. The van der Waals surface area contributed by atoms with Crippen LogP contribution in [0, 0.1) is 6.92 Å². The second-order valence-electron chi connectivity index (χ2n) is 5.76. The summed E-state index contributed by atoms with van der Waals surface area (Å²) in [6, 6.07) is 11.6. The Labute approximate surface area is 160 Å². The molecule has 0 unspecified atom stereocenters. The third-order valence-electron chi connectivity index (χ3n) is 3.91. The van der Waals surface area contributed by atoms with Crippen molar-refractivity contribution < 1.29 is 22.7 Å². The third-order valence-corrected chi connectivity index (χ3v) is 6.35. The SMILES string of the molecule is COC(=O)Cn1/c(=N/S(=O)(=O)c2ccc(OC)cc2)sc2cc(C)ccc21. The highest BCUT2D eigenvalue weighted by atomic mass is 32.2. The first-order valence-electron chi connectivity index (χ1n) is 7.96. The van der Waals surface area contributed by atoms with Gasteiger partial charge in [-0.1, -0.05) is 17.4 Å². The van der Waals surface area contributed by atoms with Gasteiger partial charge in [-0.3, -0.25) is 4.79 Å². The van der Waals surface area contributed by atoms with Crippen molar-refractivity contribution in [3.05, 3.63) is 52.8 Å². The topological polar surface area (TPSA) is 87.0 Å². The number of methoxy groups -OCH3 is 2. The maximum Gasteiger partial charge on any atom is 0.325 e. The van der Waals surface area contributed by atoms with Crippen LogP contribution in [0.15, 0.2) is 51.8 Å². The number of hydrogen-bond donors (Lipinski definition) is 0. The van der Waals surface area contributed by atoms with E-state index in [0.29, 0.717) is 5.75 Å². The Bertz CT molecular complexity index is 1160. The Morgan fingerprint density at radius 3 is 2.48 bits per heavy atom. The number of rotatable bonds is 5. The van der Waals surface area contributed by atoms with Crippen LogP contribution < -0.4 is 9.54 Å². The summed E-state index contributed by atoms with van der Waals surface area (Å²) >= 11 is 1.20. The van der Waals surface area contributed by atoms with Gasteiger partial charge >= 0.3 is 5.97 Å². The van der Waals surface area contributed by atoms with Crippen LogP contribution in [0.3, 0.4) is 0 Å². The molecule has 0 saturated carbocycles. The summed E-state index contributed by atoms with van der Waals surface area (Å²) in [5.74, 6) is 0.0608. The molecule has 0 spiro atoms. The van der Waals surface area contributed by atoms with E-state index >= 15 is 0 Å². The number of aryl methyl sites for hydroxylation is 1. The average Bonchev–Trinajstić information content (AvgIpc) is 2.97. The molecule has 0 aliphatic carbocycles. The molecule has 2 aromatic carbocycles. The maximum atomic E-state index is 12.7. The molecule has 1 aromatic heterocycles. The lowest BCUT2D eigenvalue weighted by Crippen LogP contribution is -2.22. The van der Waals surface area contributed by atoms with Gasteiger partial charge in [0.25, 0.3) is 10.0 Å². The second kappa shape index (κ2) is 7.53. The molecule has 27 heavy (non-hydrogen) atoms. The van der Waals surface area contributed by atoms with Crippen LogP contribution in [0.2, 0.25) is 0 Å². The highest BCUT2D eigenvalue weighted by molar-refractivity contribution is 7.90. The zero-order valence-corrected chi connectivity index (χ0v) is 16.6. The predicted octanol–water partition coefficient (Wildman–Crippen LogP) is 2.48. The minimum Gasteiger partial charge on any atom is -0.497 e. The smallest absolute Gasteiger partial charge is 0.325 e. The number of carbonyl (C=O) groups excluding carboxylic acids is 1. The summed E-state index contributed by atoms with van der Waals surface area (Å²) in [6.07, 6.45) is 0. The Hall–Kier alpha value is -2.65. The first-order valence-corrected chi connectivity index (χ1v) is 10.2. The van der Waals surface area contributed by atoms with Gasteiger partial charge in [-0.2, -0.15) is 8.42 Å². The van der Waals surface area contributed by atoms with Crippen LogP contribution in [0.1, 0.15) is 5.56 Å². The minimum atomic E-state index is -3.95. The van der Waals surface area contributed by atoms with Gasteiger partial charge in [-0.15, -0.1) is 4.40 Å². The highest BCUT2D eigenvalue weighted by Crippen LogP contribution is 2.21. The van der Waals surface area contributed by atoms with Crippen LogP contribution >= 0.6 is 11.3 Å². The molecule has 0 atom stereocenters. The summed E-state index contributed by atoms with van der Waals surface area (Å²) < 4.78 is 41.6. The summed E-state index contributed by atoms with van der Waals surface area (Å²) in [4.78, 5) is 12.1. The van der Waals surface area contributed by atoms with E-state index < -0.39 is 16.0 Å². The fourth-order valence-corrected chi connectivity index (χ4v) is 4.83. The standard InChI is InChI=1S/C18H18N2O5S2/c1-12-4-9-15-16(10-12)26-18(20(15)11-17(21)25-3)19-27(22,23)14-7-5-13(24-2)6-8-14/h4-10H,11H2,1-3H3/b19-18-. The van der Waals surface area contributed by atoms with Crippen LogP contribution in [0.4, 0.5) is 0 Å². The molecule has 7 nitrogen and oxygen atoms in total. The molecule has 0 aliphatic heterocycles. The summed E-state index contributed by atoms with van der Waals surface area (Å²) in [7, 11) is -1.17. The quantitative estimate of drug-likeness (QED) is 0.608. The number of fused-ring (bicyclic) bond motifs is 1. The number of nitrogens with zero attached hydrogens (tertiary/aromatic N) is 2. The van der Waals surface area contributed by atoms with Gasteiger partial charge in [-0.05, 0) is 48.9 Å². The molecule has 0 radical (unpaired) electrons. The predicted molar refractivity (Wildman–Crippen MR) is 102 cm³/mol. The molecule has 9 heteroatoms. The van der Waals surface area contributed by atoms with Gasteiger partial charge in [0.2, 0.25) is 4.80 Å². The number of benzene rings is 2. The summed E-state index contributed by atoms with van der Waals surface area (Å²) in [6.45, 7) is 1.81. The lowest BCUT2D eigenvalue weighted by Gasteiger charge is -2.04.